The topological polar surface area (TPSA) is 107 Å². The van der Waals surface area contributed by atoms with Gasteiger partial charge in [-0.25, -0.2) is 0 Å². The highest BCUT2D eigenvalue weighted by Crippen LogP contribution is 2.19. The van der Waals surface area contributed by atoms with Gasteiger partial charge in [-0.3, -0.25) is 0 Å². The third-order valence-electron chi connectivity index (χ3n) is 1.84. The summed E-state index contributed by atoms with van der Waals surface area (Å²) in [4.78, 5) is 0. The molecule has 0 aromatic heterocycles. The highest BCUT2D eigenvalue weighted by Gasteiger charge is 2.46. The van der Waals surface area contributed by atoms with Crippen molar-refractivity contribution in [3.05, 3.63) is 0 Å². The standard InChI is InChI=1S/C5H11NO4/c6-1-2(7)4(9)5(10)3(1)8/h1-5,7-10H,6H2/t1?,2-,3+,4+,5-. The van der Waals surface area contributed by atoms with Crippen molar-refractivity contribution in [3.63, 3.8) is 0 Å². The number of rotatable bonds is 0. The van der Waals surface area contributed by atoms with E-state index in [1.165, 1.54) is 0 Å². The van der Waals surface area contributed by atoms with Crippen molar-refractivity contribution in [3.8, 4) is 0 Å². The third-order valence-corrected chi connectivity index (χ3v) is 1.84. The van der Waals surface area contributed by atoms with Gasteiger partial charge in [0.25, 0.3) is 0 Å². The molecular weight excluding hydrogens is 138 g/mol. The Hall–Kier alpha value is -0.200. The first kappa shape index (κ1) is 7.90. The first-order chi connectivity index (χ1) is 4.55. The summed E-state index contributed by atoms with van der Waals surface area (Å²) in [6.45, 7) is 0. The molecule has 1 aliphatic rings. The SMILES string of the molecule is NC1[C@@H](O)[C@H](O)[C@H](O)[C@H]1O. The number of hydrogen-bond donors (Lipinski definition) is 5. The first-order valence-electron chi connectivity index (χ1n) is 3.03. The van der Waals surface area contributed by atoms with Gasteiger partial charge in [-0.1, -0.05) is 0 Å². The van der Waals surface area contributed by atoms with Crippen LogP contribution in [0, 0.1) is 0 Å². The summed E-state index contributed by atoms with van der Waals surface area (Å²) in [5, 5.41) is 35.6. The minimum absolute atomic E-state index is 0.954. The fraction of sp³-hybridized carbons (Fsp3) is 1.00. The van der Waals surface area contributed by atoms with Crippen LogP contribution in [0.2, 0.25) is 0 Å². The smallest absolute Gasteiger partial charge is 0.110 e. The van der Waals surface area contributed by atoms with Gasteiger partial charge in [-0.05, 0) is 0 Å². The molecule has 5 nitrogen and oxygen atoms in total. The molecule has 0 aliphatic heterocycles. The lowest BCUT2D eigenvalue weighted by Crippen LogP contribution is -2.40. The molecule has 5 atom stereocenters. The second-order valence-corrected chi connectivity index (χ2v) is 2.54. The number of aliphatic hydroxyl groups is 4. The Morgan fingerprint density at radius 2 is 1.00 bits per heavy atom. The van der Waals surface area contributed by atoms with Crippen molar-refractivity contribution >= 4 is 0 Å². The molecule has 6 N–H and O–H groups in total. The lowest BCUT2D eigenvalue weighted by molar-refractivity contribution is -0.0413. The second kappa shape index (κ2) is 2.44. The largest absolute Gasteiger partial charge is 0.389 e. The van der Waals surface area contributed by atoms with Crippen molar-refractivity contribution < 1.29 is 20.4 Å². The normalized spacial score (nSPS) is 55.5. The number of aliphatic hydroxyl groups excluding tert-OH is 4. The Bertz CT molecular complexity index is 86.0. The molecule has 0 bridgehead atoms. The molecule has 0 radical (unpaired) electrons. The second-order valence-electron chi connectivity index (χ2n) is 2.54. The summed E-state index contributed by atoms with van der Waals surface area (Å²) < 4.78 is 0. The van der Waals surface area contributed by atoms with Crippen LogP contribution >= 0.6 is 0 Å². The third kappa shape index (κ3) is 0.920. The molecule has 10 heavy (non-hydrogen) atoms. The van der Waals surface area contributed by atoms with E-state index in [1.807, 2.05) is 0 Å². The zero-order valence-electron chi connectivity index (χ0n) is 5.25. The van der Waals surface area contributed by atoms with Crippen LogP contribution in [0.1, 0.15) is 0 Å². The van der Waals surface area contributed by atoms with E-state index < -0.39 is 30.5 Å². The lowest BCUT2D eigenvalue weighted by Gasteiger charge is -2.11. The molecule has 1 fully saturated rings. The van der Waals surface area contributed by atoms with Crippen molar-refractivity contribution in [1.82, 2.24) is 0 Å². The molecule has 0 amide bonds. The Morgan fingerprint density at radius 1 is 0.700 bits per heavy atom. The van der Waals surface area contributed by atoms with Gasteiger partial charge in [-0.15, -0.1) is 0 Å². The van der Waals surface area contributed by atoms with Crippen molar-refractivity contribution in [2.75, 3.05) is 0 Å². The van der Waals surface area contributed by atoms with Gasteiger partial charge >= 0.3 is 0 Å². The fourth-order valence-corrected chi connectivity index (χ4v) is 1.06. The van der Waals surface area contributed by atoms with E-state index in [0.29, 0.717) is 0 Å². The van der Waals surface area contributed by atoms with Crippen LogP contribution in [0.3, 0.4) is 0 Å². The quantitative estimate of drug-likeness (QED) is 0.249. The molecule has 5 heteroatoms. The fourth-order valence-electron chi connectivity index (χ4n) is 1.06. The Kier molecular flexibility index (Phi) is 1.93. The predicted octanol–water partition coefficient (Wildman–Crippen LogP) is -3.23. The molecule has 0 saturated heterocycles. The molecule has 0 heterocycles. The lowest BCUT2D eigenvalue weighted by atomic mass is 10.2. The molecule has 0 aromatic rings. The van der Waals surface area contributed by atoms with Crippen LogP contribution in [0.25, 0.3) is 0 Å². The van der Waals surface area contributed by atoms with Crippen LogP contribution in [-0.2, 0) is 0 Å². The molecule has 60 valence electrons. The van der Waals surface area contributed by atoms with Crippen LogP contribution in [-0.4, -0.2) is 50.9 Å². The first-order valence-corrected chi connectivity index (χ1v) is 3.03. The minimum Gasteiger partial charge on any atom is -0.389 e. The molecule has 1 rings (SSSR count). The summed E-state index contributed by atoms with van der Waals surface area (Å²) in [5.41, 5.74) is 5.18. The minimum atomic E-state index is -1.33. The molecule has 0 spiro atoms. The van der Waals surface area contributed by atoms with Gasteiger partial charge in [0.1, 0.15) is 24.4 Å². The van der Waals surface area contributed by atoms with Gasteiger partial charge in [0.2, 0.25) is 0 Å². The zero-order chi connectivity index (χ0) is 7.89. The van der Waals surface area contributed by atoms with Crippen LogP contribution in [0.5, 0.6) is 0 Å². The average molecular weight is 149 g/mol. The zero-order valence-corrected chi connectivity index (χ0v) is 5.25. The molecule has 1 aliphatic carbocycles. The van der Waals surface area contributed by atoms with Crippen molar-refractivity contribution in [2.45, 2.75) is 30.5 Å². The number of hydrogen-bond acceptors (Lipinski definition) is 5. The Labute approximate surface area is 57.7 Å². The van der Waals surface area contributed by atoms with Gasteiger partial charge in [0.05, 0.1) is 6.04 Å². The van der Waals surface area contributed by atoms with E-state index in [2.05, 4.69) is 0 Å². The van der Waals surface area contributed by atoms with E-state index in [-0.39, 0.29) is 0 Å². The van der Waals surface area contributed by atoms with Gasteiger partial charge in [0.15, 0.2) is 0 Å². The van der Waals surface area contributed by atoms with E-state index in [9.17, 15) is 0 Å². The Morgan fingerprint density at radius 3 is 1.10 bits per heavy atom. The van der Waals surface area contributed by atoms with E-state index in [4.69, 9.17) is 26.2 Å². The number of nitrogens with two attached hydrogens (primary N) is 1. The summed E-state index contributed by atoms with van der Waals surface area (Å²) in [6, 6.07) is -0.954. The highest BCUT2D eigenvalue weighted by molar-refractivity contribution is 5.00. The molecular formula is C5H11NO4. The van der Waals surface area contributed by atoms with Crippen LogP contribution < -0.4 is 5.73 Å². The monoisotopic (exact) mass is 149 g/mol. The van der Waals surface area contributed by atoms with Crippen LogP contribution in [0.4, 0.5) is 0 Å². The van der Waals surface area contributed by atoms with Gasteiger partial charge in [0, 0.05) is 0 Å². The van der Waals surface area contributed by atoms with E-state index in [0.717, 1.165) is 0 Å². The summed E-state index contributed by atoms with van der Waals surface area (Å²) in [5.74, 6) is 0. The van der Waals surface area contributed by atoms with Crippen LogP contribution in [0.15, 0.2) is 0 Å². The summed E-state index contributed by atoms with van der Waals surface area (Å²) in [6.07, 6.45) is -5.12. The van der Waals surface area contributed by atoms with E-state index in [1.54, 1.807) is 0 Å². The van der Waals surface area contributed by atoms with Crippen molar-refractivity contribution in [1.29, 1.82) is 0 Å². The molecule has 1 saturated carbocycles. The molecule has 1 unspecified atom stereocenters. The maximum atomic E-state index is 8.91. The van der Waals surface area contributed by atoms with Crippen molar-refractivity contribution in [2.24, 2.45) is 5.73 Å². The highest BCUT2D eigenvalue weighted by atomic mass is 16.4. The van der Waals surface area contributed by atoms with Gasteiger partial charge in [-0.2, -0.15) is 0 Å². The predicted molar refractivity (Wildman–Crippen MR) is 32.0 cm³/mol. The van der Waals surface area contributed by atoms with Gasteiger partial charge < -0.3 is 26.2 Å². The maximum absolute atomic E-state index is 8.91. The van der Waals surface area contributed by atoms with E-state index >= 15 is 0 Å². The Balaban J connectivity index is 2.68. The summed E-state index contributed by atoms with van der Waals surface area (Å²) >= 11 is 0. The maximum Gasteiger partial charge on any atom is 0.110 e. The summed E-state index contributed by atoms with van der Waals surface area (Å²) in [7, 11) is 0. The molecule has 0 aromatic carbocycles. The average Bonchev–Trinajstić information content (AvgIpc) is 2.07.